The van der Waals surface area contributed by atoms with E-state index in [0.29, 0.717) is 35.5 Å². The zero-order valence-corrected chi connectivity index (χ0v) is 21.5. The highest BCUT2D eigenvalue weighted by Gasteiger charge is 2.24. The van der Waals surface area contributed by atoms with Gasteiger partial charge in [-0.2, -0.15) is 4.31 Å². The second kappa shape index (κ2) is 10.9. The summed E-state index contributed by atoms with van der Waals surface area (Å²) in [5.41, 5.74) is 1.35. The van der Waals surface area contributed by atoms with Gasteiger partial charge in [0.1, 0.15) is 17.0 Å². The summed E-state index contributed by atoms with van der Waals surface area (Å²) in [6, 6.07) is 19.5. The van der Waals surface area contributed by atoms with Crippen molar-refractivity contribution in [3.63, 3.8) is 0 Å². The average Bonchev–Trinajstić information content (AvgIpc) is 3.28. The Kier molecular flexibility index (Phi) is 7.61. The van der Waals surface area contributed by atoms with Gasteiger partial charge in [-0.1, -0.05) is 32.0 Å². The first-order valence-corrected chi connectivity index (χ1v) is 13.1. The Morgan fingerprint density at radius 1 is 0.892 bits per heavy atom. The molecule has 3 aromatic carbocycles. The van der Waals surface area contributed by atoms with Gasteiger partial charge in [-0.05, 0) is 48.5 Å². The van der Waals surface area contributed by atoms with Crippen molar-refractivity contribution in [1.82, 2.24) is 4.31 Å². The van der Waals surface area contributed by atoms with Crippen LogP contribution >= 0.6 is 0 Å². The highest BCUT2D eigenvalue weighted by molar-refractivity contribution is 7.89. The molecule has 192 valence electrons. The van der Waals surface area contributed by atoms with Crippen LogP contribution in [0.3, 0.4) is 0 Å². The van der Waals surface area contributed by atoms with E-state index in [-0.39, 0.29) is 21.9 Å². The predicted molar refractivity (Wildman–Crippen MR) is 142 cm³/mol. The van der Waals surface area contributed by atoms with Crippen LogP contribution in [-0.2, 0) is 10.0 Å². The fourth-order valence-corrected chi connectivity index (χ4v) is 5.35. The fourth-order valence-electron chi connectivity index (χ4n) is 3.89. The number of benzene rings is 3. The monoisotopic (exact) mass is 521 g/mol. The number of fused-ring (bicyclic) bond motifs is 1. The zero-order valence-electron chi connectivity index (χ0n) is 20.6. The third-order valence-electron chi connectivity index (χ3n) is 5.83. The molecule has 37 heavy (non-hydrogen) atoms. The number of para-hydroxylation sites is 1. The largest absolute Gasteiger partial charge is 0.497 e. The summed E-state index contributed by atoms with van der Waals surface area (Å²) in [7, 11) is -2.12. The minimum atomic E-state index is -3.65. The van der Waals surface area contributed by atoms with Crippen LogP contribution in [0.4, 0.5) is 11.4 Å². The first kappa shape index (κ1) is 25.9. The quantitative estimate of drug-likeness (QED) is 0.321. The van der Waals surface area contributed by atoms with Crippen LogP contribution in [0, 0.1) is 0 Å². The van der Waals surface area contributed by atoms with Crippen LogP contribution in [0.1, 0.15) is 34.8 Å². The van der Waals surface area contributed by atoms with Gasteiger partial charge >= 0.3 is 0 Å². The molecule has 2 N–H and O–H groups in total. The summed E-state index contributed by atoms with van der Waals surface area (Å²) in [5.74, 6) is -0.574. The molecule has 0 aliphatic carbocycles. The number of nitrogens with zero attached hydrogens (tertiary/aromatic N) is 1. The molecule has 0 spiro atoms. The number of ether oxygens (including phenoxy) is 1. The van der Waals surface area contributed by atoms with E-state index in [1.165, 1.54) is 35.7 Å². The lowest BCUT2D eigenvalue weighted by atomic mass is 10.1. The van der Waals surface area contributed by atoms with Gasteiger partial charge in [0.15, 0.2) is 0 Å². The smallest absolute Gasteiger partial charge is 0.293 e. The minimum Gasteiger partial charge on any atom is -0.497 e. The van der Waals surface area contributed by atoms with Gasteiger partial charge in [0.25, 0.3) is 11.8 Å². The van der Waals surface area contributed by atoms with Gasteiger partial charge < -0.3 is 19.8 Å². The van der Waals surface area contributed by atoms with Crippen molar-refractivity contribution in [1.29, 1.82) is 0 Å². The summed E-state index contributed by atoms with van der Waals surface area (Å²) >= 11 is 0. The summed E-state index contributed by atoms with van der Waals surface area (Å²) in [6.07, 6.45) is 0. The van der Waals surface area contributed by atoms with E-state index in [9.17, 15) is 18.0 Å². The average molecular weight is 522 g/mol. The van der Waals surface area contributed by atoms with Crippen LogP contribution in [0.5, 0.6) is 5.75 Å². The number of nitrogens with one attached hydrogen (secondary N) is 2. The minimum absolute atomic E-state index is 0.0712. The number of methoxy groups -OCH3 is 1. The van der Waals surface area contributed by atoms with Crippen molar-refractivity contribution in [2.75, 3.05) is 30.8 Å². The lowest BCUT2D eigenvalue weighted by Gasteiger charge is -2.18. The summed E-state index contributed by atoms with van der Waals surface area (Å²) in [4.78, 5) is 26.3. The summed E-state index contributed by atoms with van der Waals surface area (Å²) in [6.45, 7) is 4.21. The number of rotatable bonds is 9. The molecule has 10 heteroatoms. The molecule has 0 aliphatic rings. The maximum absolute atomic E-state index is 13.1. The number of amides is 2. The van der Waals surface area contributed by atoms with E-state index < -0.39 is 21.8 Å². The number of sulfonamides is 1. The number of furan rings is 1. The molecule has 4 rings (SSSR count). The van der Waals surface area contributed by atoms with Crippen molar-refractivity contribution < 1.29 is 27.2 Å². The molecule has 0 bridgehead atoms. The molecule has 1 aromatic heterocycles. The van der Waals surface area contributed by atoms with Gasteiger partial charge in [0, 0.05) is 35.8 Å². The van der Waals surface area contributed by atoms with E-state index in [4.69, 9.17) is 9.15 Å². The Morgan fingerprint density at radius 3 is 2.27 bits per heavy atom. The van der Waals surface area contributed by atoms with E-state index in [2.05, 4.69) is 10.6 Å². The van der Waals surface area contributed by atoms with Crippen molar-refractivity contribution >= 4 is 44.2 Å². The number of carbonyl (C=O) groups is 2. The predicted octanol–water partition coefficient (Wildman–Crippen LogP) is 4.98. The Labute approximate surface area is 215 Å². The van der Waals surface area contributed by atoms with E-state index in [1.807, 2.05) is 0 Å². The molecular weight excluding hydrogens is 494 g/mol. The first-order valence-electron chi connectivity index (χ1n) is 11.7. The third-order valence-corrected chi connectivity index (χ3v) is 7.89. The molecule has 2 amide bonds. The van der Waals surface area contributed by atoms with Crippen LogP contribution < -0.4 is 15.4 Å². The maximum atomic E-state index is 13.1. The number of hydrogen-bond donors (Lipinski definition) is 2. The summed E-state index contributed by atoms with van der Waals surface area (Å²) in [5, 5.41) is 6.07. The van der Waals surface area contributed by atoms with Crippen molar-refractivity contribution in [3.05, 3.63) is 84.1 Å². The van der Waals surface area contributed by atoms with Gasteiger partial charge in [-0.25, -0.2) is 8.42 Å². The molecule has 0 fully saturated rings. The molecular formula is C27H27N3O6S. The maximum Gasteiger partial charge on any atom is 0.293 e. The van der Waals surface area contributed by atoms with Crippen LogP contribution in [0.2, 0.25) is 0 Å². The lowest BCUT2D eigenvalue weighted by molar-refractivity contribution is 0.0999. The molecule has 0 aliphatic heterocycles. The molecule has 4 aromatic rings. The van der Waals surface area contributed by atoms with E-state index in [1.54, 1.807) is 62.4 Å². The Balaban J connectivity index is 1.62. The molecule has 0 saturated heterocycles. The van der Waals surface area contributed by atoms with Crippen molar-refractivity contribution in [2.45, 2.75) is 18.7 Å². The highest BCUT2D eigenvalue weighted by atomic mass is 32.2. The normalized spacial score (nSPS) is 11.5. The first-order chi connectivity index (χ1) is 17.8. The Bertz CT molecular complexity index is 1540. The number of hydrogen-bond acceptors (Lipinski definition) is 6. The third kappa shape index (κ3) is 5.35. The standard InChI is InChI=1S/C27H27N3O6S/c1-4-30(5-2)37(33,34)21-15-13-18(14-16-21)26(31)29-24-22-11-6-7-12-23(22)36-25(24)27(32)28-19-9-8-10-20(17-19)35-3/h6-17H,4-5H2,1-3H3,(H,28,32)(H,29,31). The molecule has 0 radical (unpaired) electrons. The van der Waals surface area contributed by atoms with Crippen LogP contribution in [0.15, 0.2) is 82.1 Å². The SMILES string of the molecule is CCN(CC)S(=O)(=O)c1ccc(C(=O)Nc2c(C(=O)Nc3cccc(OC)c3)oc3ccccc23)cc1. The molecule has 0 atom stereocenters. The number of anilines is 2. The van der Waals surface area contributed by atoms with Crippen LogP contribution in [0.25, 0.3) is 11.0 Å². The molecule has 9 nitrogen and oxygen atoms in total. The number of carbonyl (C=O) groups excluding carboxylic acids is 2. The lowest BCUT2D eigenvalue weighted by Crippen LogP contribution is -2.30. The second-order valence-electron chi connectivity index (χ2n) is 8.06. The molecule has 1 heterocycles. The highest BCUT2D eigenvalue weighted by Crippen LogP contribution is 2.32. The van der Waals surface area contributed by atoms with Gasteiger partial charge in [-0.15, -0.1) is 0 Å². The Morgan fingerprint density at radius 2 is 1.59 bits per heavy atom. The Hall–Kier alpha value is -4.15. The molecule has 0 saturated carbocycles. The van der Waals surface area contributed by atoms with Crippen molar-refractivity contribution in [3.8, 4) is 5.75 Å². The van der Waals surface area contributed by atoms with E-state index in [0.717, 1.165) is 0 Å². The van der Waals surface area contributed by atoms with Crippen LogP contribution in [-0.4, -0.2) is 44.7 Å². The van der Waals surface area contributed by atoms with Gasteiger partial charge in [0.2, 0.25) is 15.8 Å². The van der Waals surface area contributed by atoms with Crippen molar-refractivity contribution in [2.24, 2.45) is 0 Å². The molecule has 0 unspecified atom stereocenters. The summed E-state index contributed by atoms with van der Waals surface area (Å²) < 4.78 is 37.8. The topological polar surface area (TPSA) is 118 Å². The van der Waals surface area contributed by atoms with Gasteiger partial charge in [0.05, 0.1) is 12.0 Å². The second-order valence-corrected chi connectivity index (χ2v) is 9.99. The zero-order chi connectivity index (χ0) is 26.6. The van der Waals surface area contributed by atoms with E-state index >= 15 is 0 Å². The van der Waals surface area contributed by atoms with Gasteiger partial charge in [-0.3, -0.25) is 9.59 Å². The fraction of sp³-hybridized carbons (Fsp3) is 0.185.